The lowest BCUT2D eigenvalue weighted by Crippen LogP contribution is -2.48. The van der Waals surface area contributed by atoms with E-state index in [4.69, 9.17) is 0 Å². The van der Waals surface area contributed by atoms with E-state index < -0.39 is 23.8 Å². The zero-order chi connectivity index (χ0) is 19.7. The van der Waals surface area contributed by atoms with Gasteiger partial charge in [-0.25, -0.2) is 4.79 Å². The fraction of sp³-hybridized carbons (Fsp3) is 0.348. The minimum Gasteiger partial charge on any atom is -0.480 e. The molecule has 1 N–H and O–H groups in total. The second-order valence-corrected chi connectivity index (χ2v) is 8.34. The van der Waals surface area contributed by atoms with Crippen LogP contribution < -0.4 is 0 Å². The average molecular weight is 375 g/mol. The van der Waals surface area contributed by atoms with E-state index in [-0.39, 0.29) is 29.6 Å². The summed E-state index contributed by atoms with van der Waals surface area (Å²) in [6, 6.07) is 14.9. The van der Waals surface area contributed by atoms with E-state index in [2.05, 4.69) is 0 Å². The molecule has 3 atom stereocenters. The Kier molecular flexibility index (Phi) is 3.54. The second-order valence-electron chi connectivity index (χ2n) is 8.34. The fourth-order valence-corrected chi connectivity index (χ4v) is 5.67. The summed E-state index contributed by atoms with van der Waals surface area (Å²) >= 11 is 0. The summed E-state index contributed by atoms with van der Waals surface area (Å²) in [6.07, 6.45) is 0. The van der Waals surface area contributed by atoms with Crippen molar-refractivity contribution >= 4 is 17.8 Å². The molecule has 28 heavy (non-hydrogen) atoms. The Balaban J connectivity index is 1.72. The summed E-state index contributed by atoms with van der Waals surface area (Å²) in [5.41, 5.74) is 4.36. The van der Waals surface area contributed by atoms with Crippen LogP contribution in [0.5, 0.6) is 0 Å². The van der Waals surface area contributed by atoms with Gasteiger partial charge in [0.05, 0.1) is 11.8 Å². The highest BCUT2D eigenvalue weighted by molar-refractivity contribution is 6.10. The number of aliphatic carboxylic acids is 1. The van der Waals surface area contributed by atoms with Gasteiger partial charge in [-0.2, -0.15) is 0 Å². The predicted molar refractivity (Wildman–Crippen MR) is 102 cm³/mol. The van der Waals surface area contributed by atoms with Crippen molar-refractivity contribution in [3.05, 3.63) is 70.8 Å². The molecule has 1 saturated heterocycles. The summed E-state index contributed by atoms with van der Waals surface area (Å²) in [4.78, 5) is 39.9. The zero-order valence-corrected chi connectivity index (χ0v) is 15.7. The van der Waals surface area contributed by atoms with Crippen molar-refractivity contribution in [3.8, 4) is 0 Å². The highest BCUT2D eigenvalue weighted by Gasteiger charge is 2.63. The lowest BCUT2D eigenvalue weighted by Gasteiger charge is -2.45. The Hall–Kier alpha value is -2.95. The number of benzene rings is 2. The number of nitrogens with zero attached hydrogens (tertiary/aromatic N) is 1. The molecule has 6 rings (SSSR count). The molecule has 0 spiro atoms. The predicted octanol–water partition coefficient (Wildman–Crippen LogP) is 2.99. The van der Waals surface area contributed by atoms with Crippen LogP contribution >= 0.6 is 0 Å². The van der Waals surface area contributed by atoms with Gasteiger partial charge in [-0.15, -0.1) is 0 Å². The fourth-order valence-electron chi connectivity index (χ4n) is 5.67. The summed E-state index contributed by atoms with van der Waals surface area (Å²) in [6.45, 7) is 3.47. The highest BCUT2D eigenvalue weighted by atomic mass is 16.4. The quantitative estimate of drug-likeness (QED) is 0.837. The number of hydrogen-bond donors (Lipinski definition) is 1. The third kappa shape index (κ3) is 1.99. The molecule has 3 aliphatic carbocycles. The Morgan fingerprint density at radius 3 is 1.46 bits per heavy atom. The van der Waals surface area contributed by atoms with Crippen LogP contribution in [-0.2, 0) is 14.4 Å². The zero-order valence-electron chi connectivity index (χ0n) is 15.7. The Morgan fingerprint density at radius 1 is 0.821 bits per heavy atom. The molecule has 0 aromatic heterocycles. The van der Waals surface area contributed by atoms with Gasteiger partial charge < -0.3 is 5.11 Å². The molecule has 0 radical (unpaired) electrons. The molecular weight excluding hydrogens is 354 g/mol. The van der Waals surface area contributed by atoms with Crippen molar-refractivity contribution in [1.82, 2.24) is 4.90 Å². The number of carboxylic acid groups (broad SMARTS) is 1. The smallest absolute Gasteiger partial charge is 0.327 e. The van der Waals surface area contributed by atoms with Crippen LogP contribution in [0.1, 0.15) is 47.9 Å². The first-order chi connectivity index (χ1) is 13.4. The van der Waals surface area contributed by atoms with Gasteiger partial charge in [-0.05, 0) is 28.2 Å². The Labute approximate surface area is 163 Å². The molecule has 5 heteroatoms. The number of carbonyl (C=O) groups excluding carboxylic acids is 2. The number of hydrogen-bond acceptors (Lipinski definition) is 3. The van der Waals surface area contributed by atoms with E-state index in [0.717, 1.165) is 27.2 Å². The number of likely N-dealkylation sites (tertiary alicyclic amines) is 1. The van der Waals surface area contributed by atoms with Gasteiger partial charge in [0.1, 0.15) is 6.04 Å². The number of carbonyl (C=O) groups is 3. The molecule has 2 bridgehead atoms. The van der Waals surface area contributed by atoms with Crippen molar-refractivity contribution in [2.24, 2.45) is 17.8 Å². The average Bonchev–Trinajstić information content (AvgIpc) is 2.93. The lowest BCUT2D eigenvalue weighted by molar-refractivity contribution is -0.157. The van der Waals surface area contributed by atoms with E-state index >= 15 is 0 Å². The first-order valence-corrected chi connectivity index (χ1v) is 9.70. The van der Waals surface area contributed by atoms with Gasteiger partial charge in [0.25, 0.3) is 0 Å². The molecule has 1 fully saturated rings. The molecular formula is C23H21NO4. The molecule has 1 aliphatic heterocycles. The molecule has 0 unspecified atom stereocenters. The molecule has 142 valence electrons. The number of carboxylic acids is 1. The molecule has 0 saturated carbocycles. The third-order valence-electron chi connectivity index (χ3n) is 6.65. The van der Waals surface area contributed by atoms with Crippen LogP contribution in [0.2, 0.25) is 0 Å². The largest absolute Gasteiger partial charge is 0.480 e. The van der Waals surface area contributed by atoms with Gasteiger partial charge in [0.2, 0.25) is 11.8 Å². The molecule has 2 aromatic rings. The number of imide groups is 1. The SMILES string of the molecule is CC(C)[C@@H](C(=O)O)N1C(=O)[C@H]2C3c4ccccc4C(c4ccccc43)[C@@H]2C1=O. The van der Waals surface area contributed by atoms with Gasteiger partial charge in [0.15, 0.2) is 0 Å². The summed E-state index contributed by atoms with van der Waals surface area (Å²) in [5.74, 6) is -3.61. The van der Waals surface area contributed by atoms with Crippen LogP contribution in [0.4, 0.5) is 0 Å². The molecule has 5 nitrogen and oxygen atoms in total. The first kappa shape index (κ1) is 17.2. The van der Waals surface area contributed by atoms with Crippen LogP contribution in [0.3, 0.4) is 0 Å². The summed E-state index contributed by atoms with van der Waals surface area (Å²) < 4.78 is 0. The van der Waals surface area contributed by atoms with Crippen molar-refractivity contribution in [2.45, 2.75) is 31.7 Å². The third-order valence-corrected chi connectivity index (χ3v) is 6.65. The van der Waals surface area contributed by atoms with E-state index in [1.54, 1.807) is 13.8 Å². The van der Waals surface area contributed by atoms with Crippen LogP contribution in [-0.4, -0.2) is 33.8 Å². The maximum atomic E-state index is 13.5. The van der Waals surface area contributed by atoms with Gasteiger partial charge in [0, 0.05) is 11.8 Å². The highest BCUT2D eigenvalue weighted by Crippen LogP contribution is 2.61. The van der Waals surface area contributed by atoms with E-state index in [9.17, 15) is 19.5 Å². The normalized spacial score (nSPS) is 28.2. The van der Waals surface area contributed by atoms with Crippen LogP contribution in [0, 0.1) is 17.8 Å². The standard InChI is InChI=1S/C23H21NO4/c1-11(2)20(23(27)28)24-21(25)18-16-12-7-3-4-8-13(12)17(19(18)22(24)26)15-10-6-5-9-14(15)16/h3-11,16-20H,1-2H3,(H,27,28)/t16?,17?,18-,19-,20-/m0/s1. The van der Waals surface area contributed by atoms with Crippen molar-refractivity contribution in [3.63, 3.8) is 0 Å². The van der Waals surface area contributed by atoms with E-state index in [1.807, 2.05) is 48.5 Å². The lowest BCUT2D eigenvalue weighted by atomic mass is 9.55. The number of rotatable bonds is 3. The minimum atomic E-state index is -1.13. The molecule has 2 amide bonds. The Morgan fingerprint density at radius 2 is 1.18 bits per heavy atom. The van der Waals surface area contributed by atoms with E-state index in [0.29, 0.717) is 0 Å². The van der Waals surface area contributed by atoms with Gasteiger partial charge in [-0.3, -0.25) is 14.5 Å². The van der Waals surface area contributed by atoms with Gasteiger partial charge in [-0.1, -0.05) is 62.4 Å². The topological polar surface area (TPSA) is 74.7 Å². The van der Waals surface area contributed by atoms with Crippen molar-refractivity contribution < 1.29 is 19.5 Å². The van der Waals surface area contributed by atoms with Crippen LogP contribution in [0.15, 0.2) is 48.5 Å². The molecule has 4 aliphatic rings. The number of amides is 2. The Bertz CT molecular complexity index is 911. The second kappa shape index (κ2) is 5.77. The van der Waals surface area contributed by atoms with Gasteiger partial charge >= 0.3 is 5.97 Å². The summed E-state index contributed by atoms with van der Waals surface area (Å²) in [7, 11) is 0. The summed E-state index contributed by atoms with van der Waals surface area (Å²) in [5, 5.41) is 9.72. The van der Waals surface area contributed by atoms with Crippen molar-refractivity contribution in [2.75, 3.05) is 0 Å². The van der Waals surface area contributed by atoms with Crippen molar-refractivity contribution in [1.29, 1.82) is 0 Å². The maximum absolute atomic E-state index is 13.5. The van der Waals surface area contributed by atoms with Crippen LogP contribution in [0.25, 0.3) is 0 Å². The first-order valence-electron chi connectivity index (χ1n) is 9.70. The minimum absolute atomic E-state index is 0.203. The van der Waals surface area contributed by atoms with E-state index in [1.165, 1.54) is 0 Å². The molecule has 1 heterocycles. The maximum Gasteiger partial charge on any atom is 0.327 e. The monoisotopic (exact) mass is 375 g/mol. The molecule has 2 aromatic carbocycles.